The predicted octanol–water partition coefficient (Wildman–Crippen LogP) is 6.98. The highest BCUT2D eigenvalue weighted by molar-refractivity contribution is 5.96. The van der Waals surface area contributed by atoms with Crippen LogP contribution in [0, 0.1) is 0 Å². The smallest absolute Gasteiger partial charge is 0.456 e. The quantitative estimate of drug-likeness (QED) is 0.301. The second-order valence-electron chi connectivity index (χ2n) is 7.64. The van der Waals surface area contributed by atoms with Crippen LogP contribution >= 0.6 is 0 Å². The highest BCUT2D eigenvalue weighted by atomic mass is 19.4. The molecule has 2 atom stereocenters. The van der Waals surface area contributed by atoms with Crippen molar-refractivity contribution in [3.8, 4) is 11.5 Å². The number of carbonyl (C=O) groups is 1. The number of ether oxygens (including phenoxy) is 2. The average molecular weight is 592 g/mol. The molecule has 1 aliphatic heterocycles. The highest BCUT2D eigenvalue weighted by Crippen LogP contribution is 2.64. The molecule has 2 aromatic rings. The molecule has 1 fully saturated rings. The molecule has 19 heteroatoms. The first-order valence-electron chi connectivity index (χ1n) is 9.82. The second kappa shape index (κ2) is 9.10. The van der Waals surface area contributed by atoms with Crippen molar-refractivity contribution in [1.29, 1.82) is 0 Å². The number of morpholine rings is 1. The third kappa shape index (κ3) is 4.70. The molecule has 0 radical (unpaired) electrons. The van der Waals surface area contributed by atoms with Gasteiger partial charge in [-0.15, -0.1) is 4.90 Å². The molecule has 5 nitrogen and oxygen atoms in total. The normalized spacial score (nSPS) is 25.7. The molecule has 0 aromatic heterocycles. The van der Waals surface area contributed by atoms with Gasteiger partial charge in [-0.05, 0) is 36.4 Å². The fraction of sp³-hybridized carbons (Fsp3) is 0.350. The Morgan fingerprint density at radius 3 is 1.51 bits per heavy atom. The van der Waals surface area contributed by atoms with Gasteiger partial charge in [0.25, 0.3) is 0 Å². The summed E-state index contributed by atoms with van der Waals surface area (Å²) >= 11 is 0. The number of para-hydroxylation sites is 1. The van der Waals surface area contributed by atoms with Gasteiger partial charge in [0.2, 0.25) is 0 Å². The lowest BCUT2D eigenvalue weighted by Crippen LogP contribution is -2.85. The molecule has 0 unspecified atom stereocenters. The molecule has 1 N–H and O–H groups in total. The Morgan fingerprint density at radius 1 is 0.692 bits per heavy atom. The summed E-state index contributed by atoms with van der Waals surface area (Å²) in [5, 5.41) is 0.977. The zero-order valence-corrected chi connectivity index (χ0v) is 18.2. The summed E-state index contributed by atoms with van der Waals surface area (Å²) in [5.74, 6) is -18.2. The monoisotopic (exact) mass is 592 g/mol. The molecule has 0 saturated carbocycles. The number of anilines is 1. The van der Waals surface area contributed by atoms with E-state index in [1.165, 1.54) is 12.1 Å². The van der Waals surface area contributed by atoms with E-state index in [1.807, 2.05) is 4.74 Å². The van der Waals surface area contributed by atoms with E-state index in [2.05, 4.69) is 0 Å². The van der Waals surface area contributed by atoms with Gasteiger partial charge in [0.1, 0.15) is 11.5 Å². The maximum Gasteiger partial charge on any atom is 0.456 e. The molecule has 1 amide bonds. The molecule has 2 aromatic carbocycles. The Kier molecular flexibility index (Phi) is 7.05. The van der Waals surface area contributed by atoms with E-state index in [0.717, 1.165) is 17.4 Å². The van der Waals surface area contributed by atoms with E-state index in [9.17, 15) is 66.3 Å². The fourth-order valence-electron chi connectivity index (χ4n) is 3.13. The molecule has 216 valence electrons. The highest BCUT2D eigenvalue weighted by Gasteiger charge is 2.95. The Balaban J connectivity index is 2.01. The number of nitrogens with one attached hydrogen (secondary N) is 1. The zero-order valence-electron chi connectivity index (χ0n) is 18.2. The predicted molar refractivity (Wildman–Crippen MR) is 99.1 cm³/mol. The van der Waals surface area contributed by atoms with Gasteiger partial charge < -0.3 is 10.1 Å². The van der Waals surface area contributed by atoms with Crippen LogP contribution in [0.2, 0.25) is 0 Å². The van der Waals surface area contributed by atoms with Crippen molar-refractivity contribution in [2.75, 3.05) is 5.32 Å². The number of hydrogen-bond donors (Lipinski definition) is 1. The Labute approximate surface area is 206 Å². The molecular formula is C20H10F14N2O3. The van der Waals surface area contributed by atoms with Crippen LogP contribution in [0.1, 0.15) is 0 Å². The Morgan fingerprint density at radius 2 is 1.10 bits per heavy atom. The summed E-state index contributed by atoms with van der Waals surface area (Å²) < 4.78 is 200. The van der Waals surface area contributed by atoms with Gasteiger partial charge in [0.15, 0.2) is 0 Å². The summed E-state index contributed by atoms with van der Waals surface area (Å²) in [7, 11) is 0. The first kappa shape index (κ1) is 30.2. The summed E-state index contributed by atoms with van der Waals surface area (Å²) in [5.41, 5.74) is -0.871. The number of rotatable bonds is 5. The molecule has 0 aliphatic carbocycles. The molecule has 0 bridgehead atoms. The zero-order chi connectivity index (χ0) is 29.9. The molecular weight excluding hydrogens is 582 g/mol. The third-order valence-corrected chi connectivity index (χ3v) is 4.99. The Bertz CT molecular complexity index is 1160. The maximum absolute atomic E-state index is 14.6. The largest absolute Gasteiger partial charge is 0.457 e. The summed E-state index contributed by atoms with van der Waals surface area (Å²) in [6.07, 6.45) is -15.0. The SMILES string of the molecule is O=C(Nc1ccc(Oc2ccccc2)cc1)C(F)(F)N1C(F)(F)[C@](F)(C(F)(F)F)O[C@](F)(C(F)(F)F)C1(F)F. The van der Waals surface area contributed by atoms with Crippen molar-refractivity contribution < 1.29 is 75.7 Å². The average Bonchev–Trinajstić information content (AvgIpc) is 2.78. The molecule has 3 rings (SSSR count). The van der Waals surface area contributed by atoms with Crippen LogP contribution in [0.4, 0.5) is 67.2 Å². The van der Waals surface area contributed by atoms with Crippen molar-refractivity contribution in [2.24, 2.45) is 0 Å². The van der Waals surface area contributed by atoms with Crippen molar-refractivity contribution in [2.45, 2.75) is 42.2 Å². The number of carbonyl (C=O) groups excluding carboxylic acids is 1. The molecule has 0 spiro atoms. The van der Waals surface area contributed by atoms with Gasteiger partial charge in [-0.1, -0.05) is 18.2 Å². The molecule has 1 heterocycles. The van der Waals surface area contributed by atoms with E-state index in [4.69, 9.17) is 4.74 Å². The minimum Gasteiger partial charge on any atom is -0.457 e. The van der Waals surface area contributed by atoms with Gasteiger partial charge in [0.05, 0.1) is 0 Å². The first-order valence-corrected chi connectivity index (χ1v) is 9.82. The van der Waals surface area contributed by atoms with Crippen LogP contribution in [0.3, 0.4) is 0 Å². The van der Waals surface area contributed by atoms with Crippen molar-refractivity contribution in [3.63, 3.8) is 0 Å². The standard InChI is InChI=1S/C20H10F14N2O3/c21-14(22,13(37)35-10-6-8-12(9-7-10)38-11-4-2-1-3-5-11)36-19(31,32)15(23,17(25,26)27)39-16(24,18(28,29)30)20(36,33)34/h1-9H,(H,35,37)/t15-,16+. The second-order valence-corrected chi connectivity index (χ2v) is 7.64. The lowest BCUT2D eigenvalue weighted by molar-refractivity contribution is -0.592. The summed E-state index contributed by atoms with van der Waals surface area (Å²) in [6, 6.07) is -11.1. The van der Waals surface area contributed by atoms with Crippen LogP contribution in [-0.2, 0) is 9.53 Å². The lowest BCUT2D eigenvalue weighted by Gasteiger charge is -2.54. The number of nitrogens with zero attached hydrogens (tertiary/aromatic N) is 1. The lowest BCUT2D eigenvalue weighted by atomic mass is 10.0. The van der Waals surface area contributed by atoms with Crippen molar-refractivity contribution >= 4 is 11.6 Å². The van der Waals surface area contributed by atoms with Crippen molar-refractivity contribution in [3.05, 3.63) is 54.6 Å². The van der Waals surface area contributed by atoms with Crippen LogP contribution < -0.4 is 10.1 Å². The molecule has 1 aliphatic rings. The van der Waals surface area contributed by atoms with Gasteiger partial charge in [0, 0.05) is 5.69 Å². The van der Waals surface area contributed by atoms with Gasteiger partial charge >= 0.3 is 48.1 Å². The number of benzene rings is 2. The van der Waals surface area contributed by atoms with E-state index in [1.54, 1.807) is 18.2 Å². The van der Waals surface area contributed by atoms with E-state index in [0.29, 0.717) is 12.1 Å². The number of halogens is 14. The van der Waals surface area contributed by atoms with Crippen LogP contribution in [0.25, 0.3) is 0 Å². The minimum atomic E-state index is -7.52. The topological polar surface area (TPSA) is 50.8 Å². The summed E-state index contributed by atoms with van der Waals surface area (Å²) in [4.78, 5) is 8.19. The summed E-state index contributed by atoms with van der Waals surface area (Å²) in [6.45, 7) is 0. The van der Waals surface area contributed by atoms with Crippen LogP contribution in [0.15, 0.2) is 54.6 Å². The molecule has 39 heavy (non-hydrogen) atoms. The van der Waals surface area contributed by atoms with Gasteiger partial charge in [-0.3, -0.25) is 9.53 Å². The van der Waals surface area contributed by atoms with Gasteiger partial charge in [-0.2, -0.15) is 61.5 Å². The number of amides is 1. The van der Waals surface area contributed by atoms with E-state index < -0.39 is 58.7 Å². The minimum absolute atomic E-state index is 0.0583. The number of alkyl halides is 14. The van der Waals surface area contributed by atoms with Gasteiger partial charge in [-0.25, -0.2) is 0 Å². The van der Waals surface area contributed by atoms with Crippen LogP contribution in [-0.4, -0.2) is 53.0 Å². The van der Waals surface area contributed by atoms with Crippen molar-refractivity contribution in [1.82, 2.24) is 4.90 Å². The van der Waals surface area contributed by atoms with E-state index >= 15 is 0 Å². The maximum atomic E-state index is 14.6. The molecule has 1 saturated heterocycles. The Hall–Kier alpha value is -3.35. The first-order chi connectivity index (χ1) is 17.5. The van der Waals surface area contributed by atoms with E-state index in [-0.39, 0.29) is 11.5 Å². The third-order valence-electron chi connectivity index (χ3n) is 4.99. The fourth-order valence-corrected chi connectivity index (χ4v) is 3.13. The number of hydrogen-bond acceptors (Lipinski definition) is 4. The van der Waals surface area contributed by atoms with Crippen LogP contribution in [0.5, 0.6) is 11.5 Å².